The second-order valence-electron chi connectivity index (χ2n) is 14.0. The highest BCUT2D eigenvalue weighted by Crippen LogP contribution is 2.44. The Morgan fingerprint density at radius 2 is 1.39 bits per heavy atom. The summed E-state index contributed by atoms with van der Waals surface area (Å²) in [5.74, 6) is -1.82. The van der Waals surface area contributed by atoms with Crippen LogP contribution in [-0.4, -0.2) is 122 Å². The van der Waals surface area contributed by atoms with E-state index in [4.69, 9.17) is 4.74 Å². The number of rotatable bonds is 11. The number of ether oxygens (including phenoxy) is 1. The molecule has 5 aliphatic rings. The summed E-state index contributed by atoms with van der Waals surface area (Å²) in [6.07, 6.45) is 5.37. The number of anilines is 1. The van der Waals surface area contributed by atoms with Crippen LogP contribution in [0.25, 0.3) is 21.9 Å². The monoisotopic (exact) mass is 664 g/mol. The van der Waals surface area contributed by atoms with Crippen molar-refractivity contribution in [2.75, 3.05) is 84.0 Å². The first-order valence-electron chi connectivity index (χ1n) is 17.9. The van der Waals surface area contributed by atoms with Gasteiger partial charge in [0.25, 0.3) is 23.6 Å². The Labute approximate surface area is 286 Å². The third-order valence-corrected chi connectivity index (χ3v) is 10.8. The SMILES string of the molecule is O=C1NC(=O)c2c(-c3cccc(CN4CCCC4)c3)cc3c4c(c(NCCN5CCCC5)cc1c24)C(=O)N(CCCN1CCOCC1)C3=O. The van der Waals surface area contributed by atoms with Crippen molar-refractivity contribution >= 4 is 40.1 Å². The zero-order chi connectivity index (χ0) is 33.5. The molecule has 3 saturated heterocycles. The van der Waals surface area contributed by atoms with Gasteiger partial charge < -0.3 is 15.0 Å². The van der Waals surface area contributed by atoms with Crippen LogP contribution in [0.15, 0.2) is 36.4 Å². The third-order valence-electron chi connectivity index (χ3n) is 10.8. The van der Waals surface area contributed by atoms with Crippen molar-refractivity contribution in [1.82, 2.24) is 24.9 Å². The van der Waals surface area contributed by atoms with Crippen molar-refractivity contribution in [3.05, 3.63) is 64.2 Å². The summed E-state index contributed by atoms with van der Waals surface area (Å²) in [4.78, 5) is 64.5. The fraction of sp³-hybridized carbons (Fsp3) is 0.474. The lowest BCUT2D eigenvalue weighted by molar-refractivity contribution is 0.0352. The lowest BCUT2D eigenvalue weighted by Crippen LogP contribution is -2.44. The number of morpholine rings is 1. The van der Waals surface area contributed by atoms with E-state index >= 15 is 0 Å². The van der Waals surface area contributed by atoms with Gasteiger partial charge in [0.05, 0.1) is 29.9 Å². The van der Waals surface area contributed by atoms with Crippen molar-refractivity contribution in [2.45, 2.75) is 38.6 Å². The van der Waals surface area contributed by atoms with E-state index in [2.05, 4.69) is 37.5 Å². The topological polar surface area (TPSA) is 115 Å². The van der Waals surface area contributed by atoms with Crippen molar-refractivity contribution in [1.29, 1.82) is 0 Å². The average Bonchev–Trinajstić information content (AvgIpc) is 3.83. The first kappa shape index (κ1) is 32.1. The van der Waals surface area contributed by atoms with Gasteiger partial charge >= 0.3 is 0 Å². The van der Waals surface area contributed by atoms with Gasteiger partial charge in [0.1, 0.15) is 0 Å². The Morgan fingerprint density at radius 1 is 0.673 bits per heavy atom. The molecule has 3 aromatic rings. The molecule has 8 rings (SSSR count). The predicted octanol–water partition coefficient (Wildman–Crippen LogP) is 3.81. The maximum atomic E-state index is 14.4. The van der Waals surface area contributed by atoms with Crippen LogP contribution in [0, 0.1) is 0 Å². The first-order chi connectivity index (χ1) is 24.0. The lowest BCUT2D eigenvalue weighted by atomic mass is 9.81. The Bertz CT molecular complexity index is 1820. The molecule has 11 nitrogen and oxygen atoms in total. The molecule has 3 fully saturated rings. The van der Waals surface area contributed by atoms with E-state index in [0.29, 0.717) is 70.5 Å². The summed E-state index contributed by atoms with van der Waals surface area (Å²) in [6.45, 7) is 10.5. The molecule has 0 unspecified atom stereocenters. The molecule has 256 valence electrons. The van der Waals surface area contributed by atoms with Crippen LogP contribution in [0.4, 0.5) is 5.69 Å². The first-order valence-corrected chi connectivity index (χ1v) is 17.9. The van der Waals surface area contributed by atoms with Gasteiger partial charge in [0, 0.05) is 67.8 Å². The van der Waals surface area contributed by atoms with Crippen molar-refractivity contribution in [2.24, 2.45) is 0 Å². The van der Waals surface area contributed by atoms with Crippen molar-refractivity contribution in [3.8, 4) is 11.1 Å². The molecule has 3 aromatic carbocycles. The van der Waals surface area contributed by atoms with Crippen LogP contribution in [0.3, 0.4) is 0 Å². The number of hydrogen-bond donors (Lipinski definition) is 2. The Hall–Kier alpha value is -4.16. The van der Waals surface area contributed by atoms with Crippen LogP contribution in [0.2, 0.25) is 0 Å². The molecule has 0 aromatic heterocycles. The summed E-state index contributed by atoms with van der Waals surface area (Å²) in [5.41, 5.74) is 4.39. The number of nitrogens with one attached hydrogen (secondary N) is 2. The number of carbonyl (C=O) groups is 4. The summed E-state index contributed by atoms with van der Waals surface area (Å²) in [5, 5.41) is 6.81. The van der Waals surface area contributed by atoms with Crippen LogP contribution in [0.1, 0.15) is 79.1 Å². The third kappa shape index (κ3) is 6.14. The summed E-state index contributed by atoms with van der Waals surface area (Å²) >= 11 is 0. The van der Waals surface area contributed by atoms with Gasteiger partial charge in [-0.15, -0.1) is 0 Å². The van der Waals surface area contributed by atoms with Gasteiger partial charge in [-0.1, -0.05) is 18.2 Å². The van der Waals surface area contributed by atoms with Crippen molar-refractivity contribution < 1.29 is 23.9 Å². The van der Waals surface area contributed by atoms with Gasteiger partial charge in [0.2, 0.25) is 0 Å². The van der Waals surface area contributed by atoms with E-state index in [0.717, 1.165) is 70.0 Å². The minimum Gasteiger partial charge on any atom is -0.383 e. The highest BCUT2D eigenvalue weighted by molar-refractivity contribution is 6.36. The number of imide groups is 2. The molecular weight excluding hydrogens is 620 g/mol. The number of likely N-dealkylation sites (tertiary alicyclic amines) is 2. The van der Waals surface area contributed by atoms with Crippen molar-refractivity contribution in [3.63, 3.8) is 0 Å². The molecule has 4 amide bonds. The Kier molecular flexibility index (Phi) is 8.92. The Morgan fingerprint density at radius 3 is 2.16 bits per heavy atom. The largest absolute Gasteiger partial charge is 0.383 e. The van der Waals surface area contributed by atoms with Crippen LogP contribution in [-0.2, 0) is 11.3 Å². The quantitative estimate of drug-likeness (QED) is 0.296. The zero-order valence-corrected chi connectivity index (χ0v) is 28.0. The molecule has 2 N–H and O–H groups in total. The molecule has 5 heterocycles. The molecular formula is C38H44N6O5. The normalized spacial score (nSPS) is 20.1. The van der Waals surface area contributed by atoms with E-state index in [1.807, 2.05) is 12.1 Å². The van der Waals surface area contributed by atoms with E-state index in [9.17, 15) is 19.2 Å². The van der Waals surface area contributed by atoms with Gasteiger partial charge in [0.15, 0.2) is 0 Å². The molecule has 0 spiro atoms. The number of hydrogen-bond acceptors (Lipinski definition) is 9. The smallest absolute Gasteiger partial charge is 0.263 e. The predicted molar refractivity (Wildman–Crippen MR) is 187 cm³/mol. The van der Waals surface area contributed by atoms with Gasteiger partial charge in [-0.25, -0.2) is 0 Å². The van der Waals surface area contributed by atoms with Gasteiger partial charge in [-0.05, 0) is 93.2 Å². The standard InChI is InChI=1S/C38H44N6O5/c45-35-28-23-30(39-9-16-41-10-1-2-11-41)34-32-29(37(47)44(38(34)48)15-6-14-42-17-19-49-20-18-42)22-27(33(31(28)32)36(46)40-35)26-8-5-7-25(21-26)24-43-12-3-4-13-43/h5,7-8,21-23,39H,1-4,6,9-20,24H2,(H,40,45,46). The van der Waals surface area contributed by atoms with Crippen LogP contribution >= 0.6 is 0 Å². The number of nitrogens with zero attached hydrogens (tertiary/aromatic N) is 4. The maximum absolute atomic E-state index is 14.4. The van der Waals surface area contributed by atoms with Gasteiger partial charge in [-0.2, -0.15) is 0 Å². The highest BCUT2D eigenvalue weighted by Gasteiger charge is 2.40. The lowest BCUT2D eigenvalue weighted by Gasteiger charge is -2.33. The average molecular weight is 665 g/mol. The highest BCUT2D eigenvalue weighted by atomic mass is 16.5. The van der Waals surface area contributed by atoms with Crippen LogP contribution in [0.5, 0.6) is 0 Å². The summed E-state index contributed by atoms with van der Waals surface area (Å²) in [7, 11) is 0. The molecule has 11 heteroatoms. The summed E-state index contributed by atoms with van der Waals surface area (Å²) < 4.78 is 5.49. The minimum absolute atomic E-state index is 0.271. The number of benzene rings is 3. The second-order valence-corrected chi connectivity index (χ2v) is 14.0. The molecule has 0 bridgehead atoms. The second kappa shape index (κ2) is 13.6. The van der Waals surface area contributed by atoms with Gasteiger partial charge in [-0.3, -0.25) is 39.2 Å². The number of carbonyl (C=O) groups excluding carboxylic acids is 4. The zero-order valence-electron chi connectivity index (χ0n) is 28.0. The molecule has 0 aliphatic carbocycles. The molecule has 0 radical (unpaired) electrons. The van der Waals surface area contributed by atoms with E-state index < -0.39 is 11.8 Å². The van der Waals surface area contributed by atoms with E-state index in [-0.39, 0.29) is 18.4 Å². The molecule has 5 aliphatic heterocycles. The van der Waals surface area contributed by atoms with Crippen LogP contribution < -0.4 is 10.6 Å². The van der Waals surface area contributed by atoms with E-state index in [1.165, 1.54) is 30.6 Å². The Balaban J connectivity index is 1.23. The molecule has 0 atom stereocenters. The number of amides is 4. The fourth-order valence-corrected chi connectivity index (χ4v) is 8.29. The minimum atomic E-state index is -0.523. The summed E-state index contributed by atoms with van der Waals surface area (Å²) in [6, 6.07) is 11.6. The molecule has 0 saturated carbocycles. The molecule has 49 heavy (non-hydrogen) atoms. The van der Waals surface area contributed by atoms with E-state index in [1.54, 1.807) is 12.1 Å². The fourth-order valence-electron chi connectivity index (χ4n) is 8.29. The maximum Gasteiger partial charge on any atom is 0.263 e.